The van der Waals surface area contributed by atoms with Crippen molar-refractivity contribution in [2.75, 3.05) is 7.11 Å². The van der Waals surface area contributed by atoms with E-state index in [1.807, 2.05) is 61.7 Å². The highest BCUT2D eigenvalue weighted by Crippen LogP contribution is 2.26. The summed E-state index contributed by atoms with van der Waals surface area (Å²) < 4.78 is 20.1. The van der Waals surface area contributed by atoms with Gasteiger partial charge in [0.25, 0.3) is 5.91 Å². The summed E-state index contributed by atoms with van der Waals surface area (Å²) in [6.07, 6.45) is 1.81. The molecular formula is C25H23FN3O3+. The highest BCUT2D eigenvalue weighted by atomic mass is 19.1. The number of amides is 2. The summed E-state index contributed by atoms with van der Waals surface area (Å²) in [7, 11) is 1.60. The summed E-state index contributed by atoms with van der Waals surface area (Å²) in [6.45, 7) is 1.98. The van der Waals surface area contributed by atoms with E-state index in [4.69, 9.17) is 4.74 Å². The van der Waals surface area contributed by atoms with E-state index in [0.717, 1.165) is 22.4 Å². The molecule has 3 aromatic rings. The Bertz CT molecular complexity index is 1160. The molecule has 2 N–H and O–H groups in total. The number of carbonyl (C=O) groups is 2. The first-order valence-corrected chi connectivity index (χ1v) is 10.2. The van der Waals surface area contributed by atoms with Crippen LogP contribution < -0.4 is 15.5 Å². The van der Waals surface area contributed by atoms with Crippen molar-refractivity contribution in [3.05, 3.63) is 101 Å². The van der Waals surface area contributed by atoms with Gasteiger partial charge in [0.1, 0.15) is 11.6 Å². The smallest absolute Gasteiger partial charge is 0.304 e. The highest BCUT2D eigenvalue weighted by molar-refractivity contribution is 5.98. The topological polar surface area (TPSA) is 70.4 Å². The lowest BCUT2D eigenvalue weighted by Gasteiger charge is -2.15. The molecule has 0 aromatic heterocycles. The summed E-state index contributed by atoms with van der Waals surface area (Å²) in [6, 6.07) is 19.1. The molecule has 1 aliphatic rings. The second kappa shape index (κ2) is 9.01. The van der Waals surface area contributed by atoms with Crippen molar-refractivity contribution >= 4 is 18.0 Å². The quantitative estimate of drug-likeness (QED) is 0.609. The number of nitrogens with one attached hydrogen (secondary N) is 2. The number of halogens is 1. The van der Waals surface area contributed by atoms with Crippen LogP contribution >= 0.6 is 0 Å². The third-order valence-corrected chi connectivity index (χ3v) is 5.35. The number of nitrogens with zero attached hydrogens (tertiary/aromatic N) is 1. The lowest BCUT2D eigenvalue weighted by molar-refractivity contribution is -0.596. The van der Waals surface area contributed by atoms with E-state index in [1.165, 1.54) is 24.3 Å². The zero-order valence-corrected chi connectivity index (χ0v) is 17.7. The van der Waals surface area contributed by atoms with Crippen LogP contribution in [0.25, 0.3) is 0 Å². The van der Waals surface area contributed by atoms with E-state index in [2.05, 4.69) is 10.7 Å². The Morgan fingerprint density at radius 3 is 2.31 bits per heavy atom. The average molecular weight is 432 g/mol. The number of methoxy groups -OCH3 is 1. The van der Waals surface area contributed by atoms with Crippen LogP contribution in [-0.4, -0.2) is 35.9 Å². The van der Waals surface area contributed by atoms with Gasteiger partial charge in [-0.05, 0) is 55.5 Å². The van der Waals surface area contributed by atoms with Gasteiger partial charge in [0.05, 0.1) is 7.11 Å². The number of aryl methyl sites for hydroxylation is 1. The van der Waals surface area contributed by atoms with Crippen molar-refractivity contribution in [2.24, 2.45) is 0 Å². The number of ether oxygens (including phenoxy) is 1. The predicted octanol–water partition coefficient (Wildman–Crippen LogP) is 3.16. The average Bonchev–Trinajstić information content (AvgIpc) is 3.09. The fourth-order valence-electron chi connectivity index (χ4n) is 3.62. The maximum atomic E-state index is 13.2. The van der Waals surface area contributed by atoms with Crippen LogP contribution in [0.3, 0.4) is 0 Å². The standard InChI is InChI=1S/C25H22FN3O3/c1-16-3-7-18(8-4-16)23-22(27-24(30)19-9-11-20(26)12-10-19)25(31)28-29(23)15-17-5-13-21(32-2)14-6-17/h3-15,22-23H,1-2H3,(H-,27,28,30,31)/p+1/b29-15-/t22-,23-/m1/s1. The minimum atomic E-state index is -0.843. The fourth-order valence-corrected chi connectivity index (χ4v) is 3.62. The van der Waals surface area contributed by atoms with Crippen molar-refractivity contribution in [2.45, 2.75) is 19.0 Å². The Morgan fingerprint density at radius 2 is 1.69 bits per heavy atom. The molecule has 0 aliphatic carbocycles. The number of hydrogen-bond acceptors (Lipinski definition) is 3. The summed E-state index contributed by atoms with van der Waals surface area (Å²) in [5, 5.41) is 2.81. The maximum absolute atomic E-state index is 13.2. The van der Waals surface area contributed by atoms with E-state index in [0.29, 0.717) is 0 Å². The number of benzene rings is 3. The number of carbonyl (C=O) groups excluding carboxylic acids is 2. The molecule has 7 heteroatoms. The van der Waals surface area contributed by atoms with Gasteiger partial charge in [-0.3, -0.25) is 9.59 Å². The van der Waals surface area contributed by atoms with E-state index >= 15 is 0 Å². The predicted molar refractivity (Wildman–Crippen MR) is 118 cm³/mol. The molecule has 2 atom stereocenters. The van der Waals surface area contributed by atoms with E-state index < -0.39 is 23.8 Å². The molecule has 1 aliphatic heterocycles. The SMILES string of the molecule is COc1ccc(/C=[N+]2\NC(=O)[C@H](NC(=O)c3ccc(F)cc3)[C@H]2c2ccc(C)cc2)cc1. The van der Waals surface area contributed by atoms with Crippen molar-refractivity contribution in [1.82, 2.24) is 10.7 Å². The lowest BCUT2D eigenvalue weighted by atomic mass is 9.98. The Balaban J connectivity index is 1.68. The van der Waals surface area contributed by atoms with Crippen LogP contribution in [0.2, 0.25) is 0 Å². The second-order valence-electron chi connectivity index (χ2n) is 7.60. The first kappa shape index (κ1) is 21.2. The first-order chi connectivity index (χ1) is 15.4. The van der Waals surface area contributed by atoms with Gasteiger partial charge in [0, 0.05) is 16.7 Å². The highest BCUT2D eigenvalue weighted by Gasteiger charge is 2.47. The molecule has 6 nitrogen and oxygen atoms in total. The zero-order chi connectivity index (χ0) is 22.7. The molecule has 0 bridgehead atoms. The Morgan fingerprint density at radius 1 is 1.03 bits per heavy atom. The van der Waals surface area contributed by atoms with Gasteiger partial charge in [0.15, 0.2) is 6.04 Å². The second-order valence-corrected chi connectivity index (χ2v) is 7.60. The van der Waals surface area contributed by atoms with Crippen molar-refractivity contribution in [3.8, 4) is 5.75 Å². The molecule has 162 valence electrons. The summed E-state index contributed by atoms with van der Waals surface area (Å²) in [5.74, 6) is -0.491. The van der Waals surface area contributed by atoms with Gasteiger partial charge in [0.2, 0.25) is 12.3 Å². The van der Waals surface area contributed by atoms with Crippen LogP contribution in [0.4, 0.5) is 4.39 Å². The van der Waals surface area contributed by atoms with Gasteiger partial charge in [-0.1, -0.05) is 29.8 Å². The summed E-state index contributed by atoms with van der Waals surface area (Å²) in [5.41, 5.74) is 5.93. The van der Waals surface area contributed by atoms with Crippen molar-refractivity contribution < 1.29 is 23.4 Å². The van der Waals surface area contributed by atoms with Gasteiger partial charge in [-0.2, -0.15) is 0 Å². The van der Waals surface area contributed by atoms with Crippen LogP contribution in [0.1, 0.15) is 33.1 Å². The molecule has 3 aromatic carbocycles. The van der Waals surface area contributed by atoms with Gasteiger partial charge in [-0.25, -0.2) is 4.39 Å². The molecule has 0 radical (unpaired) electrons. The lowest BCUT2D eigenvalue weighted by Crippen LogP contribution is -2.42. The maximum Gasteiger partial charge on any atom is 0.304 e. The Kier molecular flexibility index (Phi) is 5.98. The first-order valence-electron chi connectivity index (χ1n) is 10.2. The fraction of sp³-hybridized carbons (Fsp3) is 0.160. The third kappa shape index (κ3) is 4.51. The minimum Gasteiger partial charge on any atom is -0.497 e. The zero-order valence-electron chi connectivity index (χ0n) is 17.7. The summed E-state index contributed by atoms with van der Waals surface area (Å²) >= 11 is 0. The largest absolute Gasteiger partial charge is 0.497 e. The molecule has 0 saturated carbocycles. The van der Waals surface area contributed by atoms with Crippen molar-refractivity contribution in [1.29, 1.82) is 0 Å². The molecule has 1 heterocycles. The molecule has 32 heavy (non-hydrogen) atoms. The third-order valence-electron chi connectivity index (χ3n) is 5.35. The van der Waals surface area contributed by atoms with E-state index in [1.54, 1.807) is 11.8 Å². The van der Waals surface area contributed by atoms with E-state index in [9.17, 15) is 14.0 Å². The molecule has 4 rings (SSSR count). The van der Waals surface area contributed by atoms with Crippen LogP contribution in [0.5, 0.6) is 5.75 Å². The van der Waals surface area contributed by atoms with Crippen LogP contribution in [0.15, 0.2) is 72.8 Å². The van der Waals surface area contributed by atoms with Gasteiger partial charge >= 0.3 is 5.91 Å². The number of hydrazone groups is 1. The monoisotopic (exact) mass is 432 g/mol. The Labute approximate surface area is 185 Å². The van der Waals surface area contributed by atoms with Crippen LogP contribution in [-0.2, 0) is 4.79 Å². The number of hydrogen-bond donors (Lipinski definition) is 2. The molecule has 1 fully saturated rings. The van der Waals surface area contributed by atoms with Crippen LogP contribution in [0, 0.1) is 12.7 Å². The molecular weight excluding hydrogens is 409 g/mol. The molecule has 0 spiro atoms. The molecule has 2 amide bonds. The molecule has 1 saturated heterocycles. The minimum absolute atomic E-state index is 0.277. The number of rotatable bonds is 5. The normalized spacial score (nSPS) is 19.0. The van der Waals surface area contributed by atoms with Gasteiger partial charge in [-0.15, -0.1) is 10.1 Å². The van der Waals surface area contributed by atoms with Crippen molar-refractivity contribution in [3.63, 3.8) is 0 Å². The molecule has 0 unspecified atom stereocenters. The Hall–Kier alpha value is -4.00. The van der Waals surface area contributed by atoms with E-state index in [-0.39, 0.29) is 11.5 Å². The summed E-state index contributed by atoms with van der Waals surface area (Å²) in [4.78, 5) is 25.6. The number of hydrazine groups is 1. The van der Waals surface area contributed by atoms with Gasteiger partial charge < -0.3 is 10.1 Å².